The van der Waals surface area contributed by atoms with Gasteiger partial charge in [0.2, 0.25) is 5.43 Å². The molecule has 0 radical (unpaired) electrons. The molecule has 0 atom stereocenters. The average Bonchev–Trinajstić information content (AvgIpc) is 2.83. The highest BCUT2D eigenvalue weighted by Gasteiger charge is 2.17. The standard InChI is InChI=1S/C25H28BrNO6/c1-31-19-12-17(13-20(14-19)32-2)27-16-22(25(29)30)24(28)21-9-8-18(15-23(21)27)33-11-7-5-3-4-6-10-26/h8-9,12-16H,3-7,10-11H2,1-2H3,(H,29,30). The van der Waals surface area contributed by atoms with E-state index in [1.165, 1.54) is 39.7 Å². The quantitative estimate of drug-likeness (QED) is 0.254. The number of benzene rings is 2. The number of nitrogens with zero attached hydrogens (tertiary/aromatic N) is 1. The van der Waals surface area contributed by atoms with Crippen molar-refractivity contribution in [2.75, 3.05) is 26.2 Å². The Morgan fingerprint density at radius 3 is 2.24 bits per heavy atom. The number of aromatic carboxylic acids is 1. The molecule has 3 rings (SSSR count). The first-order chi connectivity index (χ1) is 16.0. The number of pyridine rings is 1. The molecule has 7 nitrogen and oxygen atoms in total. The second kappa shape index (κ2) is 11.7. The van der Waals surface area contributed by atoms with Gasteiger partial charge in [0.15, 0.2) is 0 Å². The highest BCUT2D eigenvalue weighted by atomic mass is 79.9. The fourth-order valence-corrected chi connectivity index (χ4v) is 4.01. The van der Waals surface area contributed by atoms with Crippen LogP contribution in [0.25, 0.3) is 16.6 Å². The second-order valence-electron chi connectivity index (χ2n) is 7.60. The highest BCUT2D eigenvalue weighted by molar-refractivity contribution is 9.09. The normalized spacial score (nSPS) is 10.9. The molecule has 8 heteroatoms. The number of carboxylic acids is 1. The van der Waals surface area contributed by atoms with E-state index in [9.17, 15) is 14.7 Å². The number of rotatable bonds is 12. The topological polar surface area (TPSA) is 87.0 Å². The van der Waals surface area contributed by atoms with E-state index in [2.05, 4.69) is 15.9 Å². The average molecular weight is 518 g/mol. The summed E-state index contributed by atoms with van der Waals surface area (Å²) in [4.78, 5) is 24.5. The molecular weight excluding hydrogens is 490 g/mol. The van der Waals surface area contributed by atoms with E-state index >= 15 is 0 Å². The van der Waals surface area contributed by atoms with Crippen LogP contribution in [-0.2, 0) is 0 Å². The number of methoxy groups -OCH3 is 2. The molecule has 0 saturated heterocycles. The van der Waals surface area contributed by atoms with Gasteiger partial charge in [-0.05, 0) is 25.0 Å². The van der Waals surface area contributed by atoms with Crippen molar-refractivity contribution in [1.29, 1.82) is 0 Å². The lowest BCUT2D eigenvalue weighted by Crippen LogP contribution is -2.18. The second-order valence-corrected chi connectivity index (χ2v) is 8.40. The number of hydrogen-bond donors (Lipinski definition) is 1. The lowest BCUT2D eigenvalue weighted by molar-refractivity contribution is 0.0695. The number of carboxylic acid groups (broad SMARTS) is 1. The minimum Gasteiger partial charge on any atom is -0.497 e. The summed E-state index contributed by atoms with van der Waals surface area (Å²) in [6.07, 6.45) is 6.91. The van der Waals surface area contributed by atoms with Gasteiger partial charge < -0.3 is 23.9 Å². The molecule has 1 N–H and O–H groups in total. The number of carbonyl (C=O) groups is 1. The van der Waals surface area contributed by atoms with Gasteiger partial charge in [0.1, 0.15) is 22.8 Å². The smallest absolute Gasteiger partial charge is 0.341 e. The van der Waals surface area contributed by atoms with Crippen molar-refractivity contribution in [3.8, 4) is 22.9 Å². The number of ether oxygens (including phenoxy) is 3. The molecular formula is C25H28BrNO6. The van der Waals surface area contributed by atoms with Crippen LogP contribution in [0.15, 0.2) is 47.4 Å². The predicted molar refractivity (Wildman–Crippen MR) is 132 cm³/mol. The molecule has 0 aliphatic rings. The molecule has 1 heterocycles. The SMILES string of the molecule is COc1cc(OC)cc(-n2cc(C(=O)O)c(=O)c3ccc(OCCCCCCCBr)cc32)c1. The maximum atomic E-state index is 12.8. The molecule has 0 amide bonds. The van der Waals surface area contributed by atoms with Gasteiger partial charge in [-0.15, -0.1) is 0 Å². The largest absolute Gasteiger partial charge is 0.497 e. The van der Waals surface area contributed by atoms with Crippen LogP contribution in [0, 0.1) is 0 Å². The van der Waals surface area contributed by atoms with Crippen LogP contribution >= 0.6 is 15.9 Å². The van der Waals surface area contributed by atoms with E-state index in [0.717, 1.165) is 18.2 Å². The molecule has 3 aromatic rings. The molecule has 0 fully saturated rings. The van der Waals surface area contributed by atoms with E-state index in [0.29, 0.717) is 40.4 Å². The fraction of sp³-hybridized carbons (Fsp3) is 0.360. The molecule has 0 spiro atoms. The molecule has 0 aliphatic heterocycles. The first kappa shape index (κ1) is 24.6. The van der Waals surface area contributed by atoms with Gasteiger partial charge in [-0.3, -0.25) is 4.79 Å². The summed E-state index contributed by atoms with van der Waals surface area (Å²) in [6.45, 7) is 0.574. The summed E-state index contributed by atoms with van der Waals surface area (Å²) >= 11 is 3.44. The zero-order valence-electron chi connectivity index (χ0n) is 18.8. The van der Waals surface area contributed by atoms with Crippen LogP contribution < -0.4 is 19.6 Å². The minimum absolute atomic E-state index is 0.291. The first-order valence-corrected chi connectivity index (χ1v) is 12.0. The van der Waals surface area contributed by atoms with Crippen molar-refractivity contribution >= 4 is 32.8 Å². The number of alkyl halides is 1. The maximum absolute atomic E-state index is 12.8. The summed E-state index contributed by atoms with van der Waals surface area (Å²) < 4.78 is 18.3. The van der Waals surface area contributed by atoms with Crippen molar-refractivity contribution in [2.24, 2.45) is 0 Å². The Morgan fingerprint density at radius 1 is 0.939 bits per heavy atom. The molecule has 176 valence electrons. The van der Waals surface area contributed by atoms with Crippen molar-refractivity contribution in [1.82, 2.24) is 4.57 Å². The van der Waals surface area contributed by atoms with Gasteiger partial charge in [0.05, 0.1) is 32.0 Å². The number of hydrogen-bond acceptors (Lipinski definition) is 5. The highest BCUT2D eigenvalue weighted by Crippen LogP contribution is 2.28. The molecule has 0 bridgehead atoms. The molecule has 2 aromatic carbocycles. The Bertz CT molecular complexity index is 1150. The Labute approximate surface area is 201 Å². The lowest BCUT2D eigenvalue weighted by atomic mass is 10.1. The molecule has 1 aromatic heterocycles. The van der Waals surface area contributed by atoms with Crippen LogP contribution in [0.5, 0.6) is 17.2 Å². The van der Waals surface area contributed by atoms with Gasteiger partial charge in [-0.2, -0.15) is 0 Å². The number of fused-ring (bicyclic) bond motifs is 1. The summed E-state index contributed by atoms with van der Waals surface area (Å²) in [5.74, 6) is 0.417. The van der Waals surface area contributed by atoms with E-state index in [4.69, 9.17) is 14.2 Å². The van der Waals surface area contributed by atoms with Crippen molar-refractivity contribution < 1.29 is 24.1 Å². The van der Waals surface area contributed by atoms with E-state index in [-0.39, 0.29) is 5.56 Å². The van der Waals surface area contributed by atoms with Crippen LogP contribution in [0.2, 0.25) is 0 Å². The Balaban J connectivity index is 1.99. The van der Waals surface area contributed by atoms with Crippen LogP contribution in [0.1, 0.15) is 42.5 Å². The zero-order valence-corrected chi connectivity index (χ0v) is 20.4. The summed E-state index contributed by atoms with van der Waals surface area (Å²) in [7, 11) is 3.08. The van der Waals surface area contributed by atoms with Crippen LogP contribution in [0.4, 0.5) is 0 Å². The van der Waals surface area contributed by atoms with Gasteiger partial charge in [0.25, 0.3) is 0 Å². The monoisotopic (exact) mass is 517 g/mol. The summed E-state index contributed by atoms with van der Waals surface area (Å²) in [6, 6.07) is 10.3. The molecule has 33 heavy (non-hydrogen) atoms. The van der Waals surface area contributed by atoms with Crippen molar-refractivity contribution in [3.63, 3.8) is 0 Å². The summed E-state index contributed by atoms with van der Waals surface area (Å²) in [5, 5.41) is 10.9. The van der Waals surface area contributed by atoms with Gasteiger partial charge in [0, 0.05) is 41.2 Å². The zero-order chi connectivity index (χ0) is 23.8. The van der Waals surface area contributed by atoms with Gasteiger partial charge in [-0.25, -0.2) is 4.79 Å². The predicted octanol–water partition coefficient (Wildman–Crippen LogP) is 5.43. The maximum Gasteiger partial charge on any atom is 0.341 e. The number of aromatic nitrogens is 1. The number of halogens is 1. The molecule has 0 aliphatic carbocycles. The summed E-state index contributed by atoms with van der Waals surface area (Å²) in [5.41, 5.74) is 0.279. The lowest BCUT2D eigenvalue weighted by Gasteiger charge is -2.16. The third-order valence-electron chi connectivity index (χ3n) is 5.37. The van der Waals surface area contributed by atoms with Gasteiger partial charge in [-0.1, -0.05) is 35.2 Å². The number of unbranched alkanes of at least 4 members (excludes halogenated alkanes) is 4. The third kappa shape index (κ3) is 6.07. The fourth-order valence-electron chi connectivity index (χ4n) is 3.61. The van der Waals surface area contributed by atoms with Crippen LogP contribution in [-0.4, -0.2) is 41.8 Å². The van der Waals surface area contributed by atoms with Crippen molar-refractivity contribution in [3.05, 3.63) is 58.4 Å². The van der Waals surface area contributed by atoms with Crippen LogP contribution in [0.3, 0.4) is 0 Å². The molecule has 0 saturated carbocycles. The first-order valence-electron chi connectivity index (χ1n) is 10.8. The third-order valence-corrected chi connectivity index (χ3v) is 5.93. The van der Waals surface area contributed by atoms with Gasteiger partial charge >= 0.3 is 5.97 Å². The Kier molecular flexibility index (Phi) is 8.77. The molecule has 0 unspecified atom stereocenters. The van der Waals surface area contributed by atoms with E-state index in [1.54, 1.807) is 41.0 Å². The van der Waals surface area contributed by atoms with E-state index in [1.807, 2.05) is 0 Å². The van der Waals surface area contributed by atoms with E-state index < -0.39 is 11.4 Å². The Morgan fingerprint density at radius 2 is 1.61 bits per heavy atom. The minimum atomic E-state index is -1.29. The van der Waals surface area contributed by atoms with Crippen molar-refractivity contribution in [2.45, 2.75) is 32.1 Å². The Hall–Kier alpha value is -3.00.